The molecule has 0 saturated heterocycles. The topological polar surface area (TPSA) is 41.6 Å². The van der Waals surface area contributed by atoms with Gasteiger partial charge in [-0.25, -0.2) is 0 Å². The zero-order valence-electron chi connectivity index (χ0n) is 14.0. The molecule has 1 N–H and O–H groups in total. The molecule has 0 bridgehead atoms. The zero-order chi connectivity index (χ0) is 16.7. The Bertz CT molecular complexity index is 628. The van der Waals surface area contributed by atoms with E-state index in [2.05, 4.69) is 17.4 Å². The quantitative estimate of drug-likeness (QED) is 0.850. The summed E-state index contributed by atoms with van der Waals surface area (Å²) in [5.41, 5.74) is 1.89. The Balaban J connectivity index is 1.99. The first-order chi connectivity index (χ1) is 11.1. The highest BCUT2D eigenvalue weighted by molar-refractivity contribution is 5.95. The third kappa shape index (κ3) is 4.83. The van der Waals surface area contributed by atoms with Crippen molar-refractivity contribution in [3.8, 4) is 5.75 Å². The van der Waals surface area contributed by atoms with Crippen molar-refractivity contribution in [2.75, 3.05) is 19.0 Å². The lowest BCUT2D eigenvalue weighted by molar-refractivity contribution is -0.120. The Morgan fingerprint density at radius 3 is 2.48 bits per heavy atom. The van der Waals surface area contributed by atoms with Gasteiger partial charge in [0, 0.05) is 6.54 Å². The largest absolute Gasteiger partial charge is 0.492 e. The van der Waals surface area contributed by atoms with Crippen molar-refractivity contribution in [2.24, 2.45) is 0 Å². The minimum Gasteiger partial charge on any atom is -0.492 e. The van der Waals surface area contributed by atoms with Gasteiger partial charge in [0.1, 0.15) is 5.75 Å². The number of hydrogen-bond acceptors (Lipinski definition) is 3. The first-order valence-corrected chi connectivity index (χ1v) is 7.88. The second-order valence-electron chi connectivity index (χ2n) is 5.50. The molecule has 0 spiro atoms. The Labute approximate surface area is 138 Å². The summed E-state index contributed by atoms with van der Waals surface area (Å²) in [5.74, 6) is 0.650. The van der Waals surface area contributed by atoms with Crippen molar-refractivity contribution in [3.63, 3.8) is 0 Å². The first-order valence-electron chi connectivity index (χ1n) is 7.88. The Hall–Kier alpha value is -2.33. The van der Waals surface area contributed by atoms with E-state index >= 15 is 0 Å². The van der Waals surface area contributed by atoms with Crippen LogP contribution in [0, 0.1) is 0 Å². The van der Waals surface area contributed by atoms with Gasteiger partial charge in [-0.05, 0) is 38.6 Å². The fourth-order valence-electron chi connectivity index (χ4n) is 2.30. The highest BCUT2D eigenvalue weighted by atomic mass is 16.5. The molecule has 4 nitrogen and oxygen atoms in total. The summed E-state index contributed by atoms with van der Waals surface area (Å²) in [6.45, 7) is 5.12. The molecule has 2 rings (SSSR count). The van der Waals surface area contributed by atoms with Gasteiger partial charge in [0.15, 0.2) is 0 Å². The fourth-order valence-corrected chi connectivity index (χ4v) is 2.30. The summed E-state index contributed by atoms with van der Waals surface area (Å²) in [5, 5.41) is 2.96. The van der Waals surface area contributed by atoms with Crippen molar-refractivity contribution >= 4 is 11.6 Å². The summed E-state index contributed by atoms with van der Waals surface area (Å²) in [6.07, 6.45) is 0. The number of amides is 1. The lowest BCUT2D eigenvalue weighted by Crippen LogP contribution is -2.39. The van der Waals surface area contributed by atoms with Crippen LogP contribution in [0.15, 0.2) is 54.6 Å². The molecular formula is C19H24N2O2. The third-order valence-corrected chi connectivity index (χ3v) is 3.76. The zero-order valence-corrected chi connectivity index (χ0v) is 14.0. The predicted molar refractivity (Wildman–Crippen MR) is 93.6 cm³/mol. The van der Waals surface area contributed by atoms with Crippen molar-refractivity contribution in [1.29, 1.82) is 0 Å². The minimum atomic E-state index is -0.245. The lowest BCUT2D eigenvalue weighted by atomic mass is 10.2. The maximum atomic E-state index is 12.5. The standard InChI is InChI=1S/C19H24N2O2/c1-4-23-18-13-9-8-12-17(18)20-19(22)15(2)21(3)14-16-10-6-5-7-11-16/h5-13,15H,4,14H2,1-3H3,(H,20,22). The molecule has 2 aromatic rings. The highest BCUT2D eigenvalue weighted by Crippen LogP contribution is 2.24. The molecule has 2 aromatic carbocycles. The molecule has 122 valence electrons. The summed E-state index contributed by atoms with van der Waals surface area (Å²) in [4.78, 5) is 14.5. The van der Waals surface area contributed by atoms with Crippen LogP contribution in [0.5, 0.6) is 5.75 Å². The van der Waals surface area contributed by atoms with Gasteiger partial charge in [0.05, 0.1) is 18.3 Å². The molecule has 0 aromatic heterocycles. The molecule has 1 atom stereocenters. The van der Waals surface area contributed by atoms with E-state index in [1.807, 2.05) is 68.3 Å². The smallest absolute Gasteiger partial charge is 0.241 e. The molecule has 0 heterocycles. The van der Waals surface area contributed by atoms with Crippen LogP contribution in [-0.2, 0) is 11.3 Å². The monoisotopic (exact) mass is 312 g/mol. The molecule has 1 amide bonds. The van der Waals surface area contributed by atoms with Crippen molar-refractivity contribution in [3.05, 3.63) is 60.2 Å². The summed E-state index contributed by atoms with van der Waals surface area (Å²) >= 11 is 0. The SMILES string of the molecule is CCOc1ccccc1NC(=O)C(C)N(C)Cc1ccccc1. The van der Waals surface area contributed by atoms with E-state index in [1.54, 1.807) is 0 Å². The lowest BCUT2D eigenvalue weighted by Gasteiger charge is -2.24. The first kappa shape index (κ1) is 17.0. The minimum absolute atomic E-state index is 0.0458. The van der Waals surface area contributed by atoms with Crippen LogP contribution in [0.25, 0.3) is 0 Å². The fraction of sp³-hybridized carbons (Fsp3) is 0.316. The molecule has 0 aliphatic carbocycles. The van der Waals surface area contributed by atoms with Crippen molar-refractivity contribution < 1.29 is 9.53 Å². The summed E-state index contributed by atoms with van der Waals surface area (Å²) in [6, 6.07) is 17.4. The van der Waals surface area contributed by atoms with Gasteiger partial charge in [0.2, 0.25) is 5.91 Å². The van der Waals surface area contributed by atoms with E-state index in [9.17, 15) is 4.79 Å². The van der Waals surface area contributed by atoms with E-state index in [0.717, 1.165) is 6.54 Å². The van der Waals surface area contributed by atoms with E-state index in [4.69, 9.17) is 4.74 Å². The Morgan fingerprint density at radius 2 is 1.78 bits per heavy atom. The Morgan fingerprint density at radius 1 is 1.13 bits per heavy atom. The molecule has 0 saturated carbocycles. The van der Waals surface area contributed by atoms with E-state index in [0.29, 0.717) is 18.0 Å². The van der Waals surface area contributed by atoms with Gasteiger partial charge in [-0.3, -0.25) is 9.69 Å². The average Bonchev–Trinajstić information content (AvgIpc) is 2.57. The second kappa shape index (κ2) is 8.34. The van der Waals surface area contributed by atoms with Crippen LogP contribution < -0.4 is 10.1 Å². The molecule has 0 aliphatic rings. The average molecular weight is 312 g/mol. The maximum Gasteiger partial charge on any atom is 0.241 e. The number of carbonyl (C=O) groups excluding carboxylic acids is 1. The van der Waals surface area contributed by atoms with Crippen LogP contribution in [0.4, 0.5) is 5.69 Å². The van der Waals surface area contributed by atoms with Crippen molar-refractivity contribution in [2.45, 2.75) is 26.4 Å². The van der Waals surface area contributed by atoms with Gasteiger partial charge >= 0.3 is 0 Å². The van der Waals surface area contributed by atoms with Gasteiger partial charge in [-0.2, -0.15) is 0 Å². The molecular weight excluding hydrogens is 288 g/mol. The molecule has 1 unspecified atom stereocenters. The number of para-hydroxylation sites is 2. The van der Waals surface area contributed by atoms with E-state index in [1.165, 1.54) is 5.56 Å². The highest BCUT2D eigenvalue weighted by Gasteiger charge is 2.19. The van der Waals surface area contributed by atoms with Crippen LogP contribution in [0.2, 0.25) is 0 Å². The number of nitrogens with zero attached hydrogens (tertiary/aromatic N) is 1. The number of hydrogen-bond donors (Lipinski definition) is 1. The molecule has 0 radical (unpaired) electrons. The number of anilines is 1. The second-order valence-corrected chi connectivity index (χ2v) is 5.50. The van der Waals surface area contributed by atoms with E-state index < -0.39 is 0 Å². The predicted octanol–water partition coefficient (Wildman–Crippen LogP) is 3.54. The molecule has 23 heavy (non-hydrogen) atoms. The van der Waals surface area contributed by atoms with Gasteiger partial charge in [-0.1, -0.05) is 42.5 Å². The van der Waals surface area contributed by atoms with Crippen LogP contribution in [-0.4, -0.2) is 30.5 Å². The van der Waals surface area contributed by atoms with Crippen LogP contribution in [0.1, 0.15) is 19.4 Å². The molecule has 4 heteroatoms. The maximum absolute atomic E-state index is 12.5. The number of ether oxygens (including phenoxy) is 1. The number of likely N-dealkylation sites (N-methyl/N-ethyl adjacent to an activating group) is 1. The summed E-state index contributed by atoms with van der Waals surface area (Å²) < 4.78 is 5.55. The third-order valence-electron chi connectivity index (χ3n) is 3.76. The van der Waals surface area contributed by atoms with Crippen LogP contribution in [0.3, 0.4) is 0 Å². The Kier molecular flexibility index (Phi) is 6.18. The number of benzene rings is 2. The normalized spacial score (nSPS) is 12.0. The number of nitrogens with one attached hydrogen (secondary N) is 1. The van der Waals surface area contributed by atoms with Crippen molar-refractivity contribution in [1.82, 2.24) is 4.90 Å². The van der Waals surface area contributed by atoms with E-state index in [-0.39, 0.29) is 11.9 Å². The van der Waals surface area contributed by atoms with Gasteiger partial charge in [0.25, 0.3) is 0 Å². The number of carbonyl (C=O) groups is 1. The number of rotatable bonds is 7. The van der Waals surface area contributed by atoms with Crippen LogP contribution >= 0.6 is 0 Å². The van der Waals surface area contributed by atoms with Gasteiger partial charge in [-0.15, -0.1) is 0 Å². The summed E-state index contributed by atoms with van der Waals surface area (Å²) in [7, 11) is 1.95. The molecule has 0 fully saturated rings. The van der Waals surface area contributed by atoms with Gasteiger partial charge < -0.3 is 10.1 Å². The molecule has 0 aliphatic heterocycles.